The van der Waals surface area contributed by atoms with E-state index in [0.717, 1.165) is 54.9 Å². The number of benzene rings is 2. The Hall–Kier alpha value is -4.48. The third kappa shape index (κ3) is 5.61. The first kappa shape index (κ1) is 27.1. The molecule has 2 aromatic heterocycles. The highest BCUT2D eigenvalue weighted by Crippen LogP contribution is 2.35. The van der Waals surface area contributed by atoms with E-state index in [4.69, 9.17) is 0 Å². The standard InChI is InChI=1S/C28H29F3N8O/c1-17-7-8-20(11-26(17)39-16-25(35-36-39)24-15-32-37(4)18(24)2)27(40)34-23-13-21(28(29,30)31)12-22(14-23)33-19(3)38-9-5-6-10-38/h7-8,11-16H,5-6,9-10H2,1-4H3,(H,34,40)/b33-19+. The quantitative estimate of drug-likeness (QED) is 0.254. The number of aliphatic imine (C=N–C) groups is 1. The van der Waals surface area contributed by atoms with Gasteiger partial charge in [0.1, 0.15) is 11.5 Å². The number of halogens is 3. The van der Waals surface area contributed by atoms with Gasteiger partial charge in [-0.1, -0.05) is 11.3 Å². The Balaban J connectivity index is 1.42. The van der Waals surface area contributed by atoms with Crippen LogP contribution in [0.3, 0.4) is 0 Å². The van der Waals surface area contributed by atoms with E-state index in [0.29, 0.717) is 17.2 Å². The highest BCUT2D eigenvalue weighted by molar-refractivity contribution is 6.05. The zero-order chi connectivity index (χ0) is 28.6. The molecule has 4 aromatic rings. The van der Waals surface area contributed by atoms with Gasteiger partial charge in [-0.25, -0.2) is 9.67 Å². The summed E-state index contributed by atoms with van der Waals surface area (Å²) < 4.78 is 44.4. The summed E-state index contributed by atoms with van der Waals surface area (Å²) in [5.74, 6) is 0.0844. The molecule has 3 heterocycles. The lowest BCUT2D eigenvalue weighted by molar-refractivity contribution is -0.137. The summed E-state index contributed by atoms with van der Waals surface area (Å²) in [5, 5.41) is 15.3. The number of amidine groups is 1. The van der Waals surface area contributed by atoms with Crippen LogP contribution >= 0.6 is 0 Å². The number of aryl methyl sites for hydroxylation is 2. The summed E-state index contributed by atoms with van der Waals surface area (Å²) in [7, 11) is 1.84. The van der Waals surface area contributed by atoms with Gasteiger partial charge in [0.25, 0.3) is 5.91 Å². The third-order valence-electron chi connectivity index (χ3n) is 7.08. The van der Waals surface area contributed by atoms with E-state index >= 15 is 0 Å². The average molecular weight is 551 g/mol. The van der Waals surface area contributed by atoms with Crippen LogP contribution in [-0.2, 0) is 13.2 Å². The van der Waals surface area contributed by atoms with Crippen molar-refractivity contribution in [1.82, 2.24) is 29.7 Å². The number of alkyl halides is 3. The molecule has 0 atom stereocenters. The molecule has 0 spiro atoms. The van der Waals surface area contributed by atoms with Crippen LogP contribution in [0.5, 0.6) is 0 Å². The number of nitrogens with zero attached hydrogens (tertiary/aromatic N) is 7. The van der Waals surface area contributed by atoms with Crippen LogP contribution in [0.1, 0.15) is 46.9 Å². The summed E-state index contributed by atoms with van der Waals surface area (Å²) in [6.07, 6.45) is 0.901. The first-order chi connectivity index (χ1) is 19.0. The second-order valence-electron chi connectivity index (χ2n) is 9.89. The van der Waals surface area contributed by atoms with E-state index in [-0.39, 0.29) is 16.9 Å². The molecule has 12 heteroatoms. The van der Waals surface area contributed by atoms with E-state index in [1.54, 1.807) is 46.9 Å². The van der Waals surface area contributed by atoms with Gasteiger partial charge in [0.05, 0.1) is 29.3 Å². The van der Waals surface area contributed by atoms with Gasteiger partial charge in [0, 0.05) is 42.6 Å². The predicted molar refractivity (Wildman–Crippen MR) is 146 cm³/mol. The number of hydrogen-bond donors (Lipinski definition) is 1. The first-order valence-corrected chi connectivity index (χ1v) is 12.9. The van der Waals surface area contributed by atoms with Gasteiger partial charge >= 0.3 is 6.18 Å². The van der Waals surface area contributed by atoms with Gasteiger partial charge in [-0.15, -0.1) is 5.10 Å². The molecule has 1 amide bonds. The summed E-state index contributed by atoms with van der Waals surface area (Å²) in [5.41, 5.74) is 3.34. The minimum atomic E-state index is -4.60. The smallest absolute Gasteiger partial charge is 0.360 e. The van der Waals surface area contributed by atoms with E-state index in [1.165, 1.54) is 6.07 Å². The van der Waals surface area contributed by atoms with Crippen molar-refractivity contribution in [2.24, 2.45) is 12.0 Å². The van der Waals surface area contributed by atoms with Crippen LogP contribution < -0.4 is 5.32 Å². The Kier molecular flexibility index (Phi) is 7.17. The molecule has 2 aromatic carbocycles. The van der Waals surface area contributed by atoms with Crippen LogP contribution in [-0.4, -0.2) is 54.5 Å². The highest BCUT2D eigenvalue weighted by atomic mass is 19.4. The molecule has 1 saturated heterocycles. The molecule has 5 rings (SSSR count). The minimum Gasteiger partial charge on any atom is -0.360 e. The molecule has 1 fully saturated rings. The average Bonchev–Trinajstić information content (AvgIpc) is 3.66. The molecule has 0 aliphatic carbocycles. The number of nitrogens with one attached hydrogen (secondary N) is 1. The third-order valence-corrected chi connectivity index (χ3v) is 7.08. The number of amides is 1. The number of likely N-dealkylation sites (tertiary alicyclic amines) is 1. The zero-order valence-corrected chi connectivity index (χ0v) is 22.6. The topological polar surface area (TPSA) is 93.2 Å². The summed E-state index contributed by atoms with van der Waals surface area (Å²) >= 11 is 0. The fourth-order valence-corrected chi connectivity index (χ4v) is 4.67. The van der Waals surface area contributed by atoms with Crippen molar-refractivity contribution >= 4 is 23.1 Å². The molecule has 208 valence electrons. The van der Waals surface area contributed by atoms with Crippen LogP contribution in [0.4, 0.5) is 24.5 Å². The van der Waals surface area contributed by atoms with Gasteiger partial charge in [-0.2, -0.15) is 18.3 Å². The molecule has 40 heavy (non-hydrogen) atoms. The van der Waals surface area contributed by atoms with Crippen LogP contribution in [0, 0.1) is 13.8 Å². The van der Waals surface area contributed by atoms with Gasteiger partial charge in [0.2, 0.25) is 0 Å². The predicted octanol–water partition coefficient (Wildman–Crippen LogP) is 5.70. The van der Waals surface area contributed by atoms with E-state index in [2.05, 4.69) is 25.7 Å². The molecule has 1 N–H and O–H groups in total. The van der Waals surface area contributed by atoms with Crippen molar-refractivity contribution in [2.75, 3.05) is 18.4 Å². The fourth-order valence-electron chi connectivity index (χ4n) is 4.67. The van der Waals surface area contributed by atoms with Gasteiger partial charge in [-0.05, 0) is 69.5 Å². The summed E-state index contributed by atoms with van der Waals surface area (Å²) in [6, 6.07) is 8.34. The number of rotatable bonds is 5. The first-order valence-electron chi connectivity index (χ1n) is 12.9. The minimum absolute atomic E-state index is 0.00465. The van der Waals surface area contributed by atoms with E-state index in [1.807, 2.05) is 25.8 Å². The number of carbonyl (C=O) groups excluding carboxylic acids is 1. The van der Waals surface area contributed by atoms with Crippen molar-refractivity contribution in [3.8, 4) is 16.9 Å². The van der Waals surface area contributed by atoms with Gasteiger partial charge in [0.15, 0.2) is 0 Å². The van der Waals surface area contributed by atoms with Crippen LogP contribution in [0.2, 0.25) is 0 Å². The maximum Gasteiger partial charge on any atom is 0.416 e. The molecule has 0 radical (unpaired) electrons. The fraction of sp³-hybridized carbons (Fsp3) is 0.321. The van der Waals surface area contributed by atoms with Crippen molar-refractivity contribution in [3.05, 3.63) is 71.2 Å². The Bertz CT molecular complexity index is 1600. The Morgan fingerprint density at radius 2 is 1.82 bits per heavy atom. The normalized spacial score (nSPS) is 14.2. The molecular formula is C28H29F3N8O. The molecule has 0 saturated carbocycles. The Labute approximate surface area is 229 Å². The second kappa shape index (κ2) is 10.6. The molecular weight excluding hydrogens is 521 g/mol. The molecule has 1 aliphatic heterocycles. The van der Waals surface area contributed by atoms with Gasteiger partial charge < -0.3 is 10.2 Å². The summed E-state index contributed by atoms with van der Waals surface area (Å²) in [4.78, 5) is 19.7. The Morgan fingerprint density at radius 1 is 1.07 bits per heavy atom. The maximum absolute atomic E-state index is 13.7. The zero-order valence-electron chi connectivity index (χ0n) is 22.6. The Morgan fingerprint density at radius 3 is 2.50 bits per heavy atom. The molecule has 1 aliphatic rings. The van der Waals surface area contributed by atoms with Crippen molar-refractivity contribution in [2.45, 2.75) is 39.8 Å². The number of carbonyl (C=O) groups is 1. The monoisotopic (exact) mass is 550 g/mol. The van der Waals surface area contributed by atoms with E-state index < -0.39 is 17.6 Å². The molecule has 9 nitrogen and oxygen atoms in total. The van der Waals surface area contributed by atoms with Gasteiger partial charge in [-0.3, -0.25) is 9.48 Å². The summed E-state index contributed by atoms with van der Waals surface area (Å²) in [6.45, 7) is 7.22. The molecule has 0 unspecified atom stereocenters. The van der Waals surface area contributed by atoms with Crippen molar-refractivity contribution < 1.29 is 18.0 Å². The SMILES string of the molecule is C/C(=N\c1cc(NC(=O)c2ccc(C)c(-n3cc(-c4cnn(C)c4C)nn3)c2)cc(C(F)(F)F)c1)N1CCCC1. The number of anilines is 1. The maximum atomic E-state index is 13.7. The van der Waals surface area contributed by atoms with Crippen molar-refractivity contribution in [1.29, 1.82) is 0 Å². The van der Waals surface area contributed by atoms with E-state index in [9.17, 15) is 18.0 Å². The lowest BCUT2D eigenvalue weighted by Gasteiger charge is -2.17. The number of aromatic nitrogens is 5. The second-order valence-corrected chi connectivity index (χ2v) is 9.89. The molecule has 0 bridgehead atoms. The largest absolute Gasteiger partial charge is 0.416 e. The van der Waals surface area contributed by atoms with Crippen molar-refractivity contribution in [3.63, 3.8) is 0 Å². The highest BCUT2D eigenvalue weighted by Gasteiger charge is 2.31. The lowest BCUT2D eigenvalue weighted by atomic mass is 10.1. The number of hydrogen-bond acceptors (Lipinski definition) is 5. The van der Waals surface area contributed by atoms with Crippen LogP contribution in [0.25, 0.3) is 16.9 Å². The van der Waals surface area contributed by atoms with Crippen LogP contribution in [0.15, 0.2) is 53.8 Å². The lowest BCUT2D eigenvalue weighted by Crippen LogP contribution is -2.24.